The topological polar surface area (TPSA) is 59.0 Å². The third kappa shape index (κ3) is 2.61. The van der Waals surface area contributed by atoms with Crippen molar-refractivity contribution in [2.75, 3.05) is 13.1 Å². The summed E-state index contributed by atoms with van der Waals surface area (Å²) in [5.74, 6) is 0.657. The Morgan fingerprint density at radius 1 is 1.69 bits per heavy atom. The van der Waals surface area contributed by atoms with Gasteiger partial charge in [-0.3, -0.25) is 9.48 Å². The summed E-state index contributed by atoms with van der Waals surface area (Å²) in [4.78, 5) is 11.6. The molecule has 1 aromatic heterocycles. The van der Waals surface area contributed by atoms with Crippen LogP contribution in [-0.2, 0) is 18.4 Å². The quantitative estimate of drug-likeness (QED) is 0.751. The first kappa shape index (κ1) is 11.1. The van der Waals surface area contributed by atoms with Crippen molar-refractivity contribution in [3.8, 4) is 0 Å². The largest absolute Gasteiger partial charge is 0.352 e. The first-order valence-corrected chi connectivity index (χ1v) is 5.61. The maximum Gasteiger partial charge on any atom is 0.220 e. The molecule has 88 valence electrons. The Kier molecular flexibility index (Phi) is 3.24. The monoisotopic (exact) mass is 222 g/mol. The van der Waals surface area contributed by atoms with Gasteiger partial charge in [-0.2, -0.15) is 5.10 Å². The molecule has 0 saturated carbocycles. The highest BCUT2D eigenvalue weighted by Gasteiger charge is 2.19. The molecule has 1 fully saturated rings. The zero-order valence-electron chi connectivity index (χ0n) is 9.79. The van der Waals surface area contributed by atoms with Crippen molar-refractivity contribution in [2.45, 2.75) is 19.9 Å². The fraction of sp³-hybridized carbons (Fsp3) is 0.636. The Labute approximate surface area is 95.2 Å². The second-order valence-electron chi connectivity index (χ2n) is 4.42. The zero-order chi connectivity index (χ0) is 11.5. The molecule has 2 heterocycles. The minimum atomic E-state index is 0.134. The highest BCUT2D eigenvalue weighted by atomic mass is 16.1. The fourth-order valence-electron chi connectivity index (χ4n) is 1.84. The second-order valence-corrected chi connectivity index (χ2v) is 4.42. The van der Waals surface area contributed by atoms with E-state index >= 15 is 0 Å². The van der Waals surface area contributed by atoms with Crippen molar-refractivity contribution >= 4 is 5.91 Å². The Morgan fingerprint density at radius 3 is 2.94 bits per heavy atom. The van der Waals surface area contributed by atoms with Crippen LogP contribution in [0.5, 0.6) is 0 Å². The summed E-state index contributed by atoms with van der Waals surface area (Å²) in [6.45, 7) is 4.48. The molecule has 2 N–H and O–H groups in total. The molecule has 2 rings (SSSR count). The minimum absolute atomic E-state index is 0.134. The van der Waals surface area contributed by atoms with Gasteiger partial charge in [0.2, 0.25) is 5.91 Å². The molecule has 1 aliphatic heterocycles. The highest BCUT2D eigenvalue weighted by molar-refractivity contribution is 5.76. The summed E-state index contributed by atoms with van der Waals surface area (Å²) in [6.07, 6.45) is 2.58. The minimum Gasteiger partial charge on any atom is -0.352 e. The van der Waals surface area contributed by atoms with Crippen LogP contribution >= 0.6 is 0 Å². The van der Waals surface area contributed by atoms with E-state index in [9.17, 15) is 4.79 Å². The Balaban J connectivity index is 1.77. The number of carbonyl (C=O) groups is 1. The van der Waals surface area contributed by atoms with Gasteiger partial charge in [0, 0.05) is 31.8 Å². The number of rotatable bonds is 4. The lowest BCUT2D eigenvalue weighted by atomic mass is 9.99. The molecule has 5 nitrogen and oxygen atoms in total. The van der Waals surface area contributed by atoms with Gasteiger partial charge in [0.25, 0.3) is 0 Å². The lowest BCUT2D eigenvalue weighted by Crippen LogP contribution is -2.44. The molecular formula is C11H18N4O. The SMILES string of the molecule is Cc1nn(C)cc1CNC(=O)CC1CNC1. The number of carbonyl (C=O) groups excluding carboxylic acids is 1. The fourth-order valence-corrected chi connectivity index (χ4v) is 1.84. The van der Waals surface area contributed by atoms with Gasteiger partial charge < -0.3 is 10.6 Å². The van der Waals surface area contributed by atoms with Gasteiger partial charge in [-0.15, -0.1) is 0 Å². The predicted octanol–water partition coefficient (Wildman–Crippen LogP) is -0.0458. The smallest absolute Gasteiger partial charge is 0.220 e. The molecular weight excluding hydrogens is 204 g/mol. The summed E-state index contributed by atoms with van der Waals surface area (Å²) in [5.41, 5.74) is 2.07. The number of hydrogen-bond donors (Lipinski definition) is 2. The van der Waals surface area contributed by atoms with Crippen LogP contribution in [-0.4, -0.2) is 28.8 Å². The third-order valence-corrected chi connectivity index (χ3v) is 2.93. The van der Waals surface area contributed by atoms with Gasteiger partial charge in [0.15, 0.2) is 0 Å². The number of nitrogens with one attached hydrogen (secondary N) is 2. The third-order valence-electron chi connectivity index (χ3n) is 2.93. The van der Waals surface area contributed by atoms with Crippen LogP contribution in [0.15, 0.2) is 6.20 Å². The Morgan fingerprint density at radius 2 is 2.44 bits per heavy atom. The van der Waals surface area contributed by atoms with Crippen molar-refractivity contribution in [3.63, 3.8) is 0 Å². The van der Waals surface area contributed by atoms with E-state index in [4.69, 9.17) is 0 Å². The number of amides is 1. The number of nitrogens with zero attached hydrogens (tertiary/aromatic N) is 2. The van der Waals surface area contributed by atoms with E-state index in [-0.39, 0.29) is 5.91 Å². The van der Waals surface area contributed by atoms with Gasteiger partial charge in [0.1, 0.15) is 0 Å². The lowest BCUT2D eigenvalue weighted by molar-refractivity contribution is -0.122. The maximum atomic E-state index is 11.6. The van der Waals surface area contributed by atoms with Gasteiger partial charge in [-0.1, -0.05) is 0 Å². The first-order valence-electron chi connectivity index (χ1n) is 5.61. The molecule has 0 atom stereocenters. The van der Waals surface area contributed by atoms with Crippen LogP contribution in [0.1, 0.15) is 17.7 Å². The van der Waals surface area contributed by atoms with Gasteiger partial charge in [-0.25, -0.2) is 0 Å². The van der Waals surface area contributed by atoms with Crippen molar-refractivity contribution in [2.24, 2.45) is 13.0 Å². The molecule has 1 aliphatic rings. The summed E-state index contributed by atoms with van der Waals surface area (Å²) >= 11 is 0. The maximum absolute atomic E-state index is 11.6. The van der Waals surface area contributed by atoms with E-state index in [0.29, 0.717) is 18.9 Å². The molecule has 0 aromatic carbocycles. The average molecular weight is 222 g/mol. The predicted molar refractivity (Wildman–Crippen MR) is 60.8 cm³/mol. The standard InChI is InChI=1S/C11H18N4O/c1-8-10(7-15(2)14-8)6-13-11(16)3-9-4-12-5-9/h7,9,12H,3-6H2,1-2H3,(H,13,16). The van der Waals surface area contributed by atoms with Crippen molar-refractivity contribution < 1.29 is 4.79 Å². The summed E-state index contributed by atoms with van der Waals surface area (Å²) in [6, 6.07) is 0. The van der Waals surface area contributed by atoms with E-state index in [2.05, 4.69) is 15.7 Å². The van der Waals surface area contributed by atoms with Crippen LogP contribution in [0.2, 0.25) is 0 Å². The normalized spacial score (nSPS) is 15.9. The lowest BCUT2D eigenvalue weighted by Gasteiger charge is -2.26. The van der Waals surface area contributed by atoms with Crippen molar-refractivity contribution in [3.05, 3.63) is 17.5 Å². The molecule has 1 aromatic rings. The van der Waals surface area contributed by atoms with Crippen LogP contribution in [0.25, 0.3) is 0 Å². The Bertz CT molecular complexity index is 381. The molecule has 0 radical (unpaired) electrons. The second kappa shape index (κ2) is 4.65. The molecule has 1 saturated heterocycles. The van der Waals surface area contributed by atoms with Crippen molar-refractivity contribution in [1.29, 1.82) is 0 Å². The summed E-state index contributed by atoms with van der Waals surface area (Å²) < 4.78 is 1.77. The van der Waals surface area contributed by atoms with E-state index in [0.717, 1.165) is 24.3 Å². The highest BCUT2D eigenvalue weighted by Crippen LogP contribution is 2.08. The van der Waals surface area contributed by atoms with E-state index < -0.39 is 0 Å². The zero-order valence-corrected chi connectivity index (χ0v) is 9.79. The average Bonchev–Trinajstić information content (AvgIpc) is 2.48. The number of aromatic nitrogens is 2. The molecule has 5 heteroatoms. The van der Waals surface area contributed by atoms with Crippen LogP contribution in [0.3, 0.4) is 0 Å². The van der Waals surface area contributed by atoms with E-state index in [1.807, 2.05) is 20.2 Å². The summed E-state index contributed by atoms with van der Waals surface area (Å²) in [5, 5.41) is 10.3. The van der Waals surface area contributed by atoms with Crippen LogP contribution in [0.4, 0.5) is 0 Å². The van der Waals surface area contributed by atoms with Gasteiger partial charge >= 0.3 is 0 Å². The molecule has 16 heavy (non-hydrogen) atoms. The molecule has 0 aliphatic carbocycles. The molecule has 0 unspecified atom stereocenters. The molecule has 1 amide bonds. The number of aryl methyl sites for hydroxylation is 2. The summed E-state index contributed by atoms with van der Waals surface area (Å²) in [7, 11) is 1.89. The van der Waals surface area contributed by atoms with Crippen LogP contribution in [0, 0.1) is 12.8 Å². The van der Waals surface area contributed by atoms with Gasteiger partial charge in [0.05, 0.1) is 5.69 Å². The number of hydrogen-bond acceptors (Lipinski definition) is 3. The van der Waals surface area contributed by atoms with Crippen molar-refractivity contribution in [1.82, 2.24) is 20.4 Å². The molecule has 0 bridgehead atoms. The molecule has 0 spiro atoms. The van der Waals surface area contributed by atoms with E-state index in [1.54, 1.807) is 4.68 Å². The first-order chi connectivity index (χ1) is 7.65. The van der Waals surface area contributed by atoms with Gasteiger partial charge in [-0.05, 0) is 25.9 Å². The van der Waals surface area contributed by atoms with Crippen LogP contribution < -0.4 is 10.6 Å². The Hall–Kier alpha value is -1.36. The van der Waals surface area contributed by atoms with E-state index in [1.165, 1.54) is 0 Å².